The minimum atomic E-state index is -0.551. The standard InChI is InChI=1S/C18H17Cl2FN2O2/c1-12(24)23(15-6-7-17(21)16(20)11-15)9-8-22-18(25)10-13-2-4-14(19)5-3-13/h2-7,11H,8-10H2,1H3,(H,22,25). The van der Waals surface area contributed by atoms with E-state index in [1.165, 1.54) is 30.0 Å². The van der Waals surface area contributed by atoms with Gasteiger partial charge in [0.05, 0.1) is 11.4 Å². The Hall–Kier alpha value is -2.11. The molecular formula is C18H17Cl2FN2O2. The van der Waals surface area contributed by atoms with E-state index < -0.39 is 5.82 Å². The van der Waals surface area contributed by atoms with Crippen molar-refractivity contribution in [3.63, 3.8) is 0 Å². The molecule has 2 amide bonds. The summed E-state index contributed by atoms with van der Waals surface area (Å²) in [6, 6.07) is 11.1. The van der Waals surface area contributed by atoms with Crippen molar-refractivity contribution in [1.82, 2.24) is 5.32 Å². The van der Waals surface area contributed by atoms with Gasteiger partial charge in [-0.25, -0.2) is 4.39 Å². The van der Waals surface area contributed by atoms with E-state index in [0.717, 1.165) is 5.56 Å². The third-order valence-electron chi connectivity index (χ3n) is 3.53. The quantitative estimate of drug-likeness (QED) is 0.824. The maximum absolute atomic E-state index is 13.3. The predicted octanol–water partition coefficient (Wildman–Crippen LogP) is 3.84. The van der Waals surface area contributed by atoms with Crippen molar-refractivity contribution < 1.29 is 14.0 Å². The maximum Gasteiger partial charge on any atom is 0.224 e. The summed E-state index contributed by atoms with van der Waals surface area (Å²) in [5.41, 5.74) is 1.32. The second-order valence-corrected chi connectivity index (χ2v) is 6.27. The number of carbonyl (C=O) groups excluding carboxylic acids is 2. The normalized spacial score (nSPS) is 10.4. The molecule has 0 fully saturated rings. The molecule has 2 rings (SSSR count). The number of halogens is 3. The third-order valence-corrected chi connectivity index (χ3v) is 4.07. The Morgan fingerprint density at radius 3 is 2.40 bits per heavy atom. The van der Waals surface area contributed by atoms with Gasteiger partial charge in [-0.1, -0.05) is 35.3 Å². The minimum Gasteiger partial charge on any atom is -0.354 e. The Morgan fingerprint density at radius 2 is 1.80 bits per heavy atom. The second-order valence-electron chi connectivity index (χ2n) is 5.42. The fourth-order valence-corrected chi connectivity index (χ4v) is 2.58. The third kappa shape index (κ3) is 5.73. The van der Waals surface area contributed by atoms with Crippen LogP contribution in [-0.4, -0.2) is 24.9 Å². The molecule has 132 valence electrons. The number of benzene rings is 2. The average molecular weight is 383 g/mol. The molecule has 0 aliphatic heterocycles. The molecular weight excluding hydrogens is 366 g/mol. The topological polar surface area (TPSA) is 49.4 Å². The fraction of sp³-hybridized carbons (Fsp3) is 0.222. The van der Waals surface area contributed by atoms with Gasteiger partial charge in [0.25, 0.3) is 0 Å². The van der Waals surface area contributed by atoms with E-state index in [2.05, 4.69) is 5.32 Å². The Labute approximate surface area is 155 Å². The molecule has 0 aromatic heterocycles. The highest BCUT2D eigenvalue weighted by molar-refractivity contribution is 6.31. The molecule has 7 heteroatoms. The molecule has 2 aromatic carbocycles. The number of nitrogens with zero attached hydrogens (tertiary/aromatic N) is 1. The number of anilines is 1. The molecule has 2 aromatic rings. The summed E-state index contributed by atoms with van der Waals surface area (Å²) in [4.78, 5) is 25.2. The predicted molar refractivity (Wildman–Crippen MR) is 97.6 cm³/mol. The van der Waals surface area contributed by atoms with Crippen molar-refractivity contribution in [2.75, 3.05) is 18.0 Å². The van der Waals surface area contributed by atoms with Crippen LogP contribution in [0.4, 0.5) is 10.1 Å². The van der Waals surface area contributed by atoms with Gasteiger partial charge in [0, 0.05) is 30.7 Å². The van der Waals surface area contributed by atoms with E-state index in [-0.39, 0.29) is 36.3 Å². The Morgan fingerprint density at radius 1 is 1.12 bits per heavy atom. The van der Waals surface area contributed by atoms with Crippen molar-refractivity contribution in [1.29, 1.82) is 0 Å². The van der Waals surface area contributed by atoms with Gasteiger partial charge in [-0.05, 0) is 35.9 Å². The lowest BCUT2D eigenvalue weighted by atomic mass is 10.1. The average Bonchev–Trinajstić information content (AvgIpc) is 2.56. The van der Waals surface area contributed by atoms with Crippen LogP contribution in [0.15, 0.2) is 42.5 Å². The highest BCUT2D eigenvalue weighted by atomic mass is 35.5. The molecule has 0 aliphatic rings. The Balaban J connectivity index is 1.90. The lowest BCUT2D eigenvalue weighted by molar-refractivity contribution is -0.121. The van der Waals surface area contributed by atoms with Gasteiger partial charge in [-0.3, -0.25) is 9.59 Å². The van der Waals surface area contributed by atoms with Gasteiger partial charge in [0.2, 0.25) is 11.8 Å². The fourth-order valence-electron chi connectivity index (χ4n) is 2.28. The summed E-state index contributed by atoms with van der Waals surface area (Å²) in [5, 5.41) is 3.30. The molecule has 0 spiro atoms. The first-order valence-corrected chi connectivity index (χ1v) is 8.36. The van der Waals surface area contributed by atoms with Crippen molar-refractivity contribution in [3.8, 4) is 0 Å². The Kier molecular flexibility index (Phi) is 6.79. The Bertz CT molecular complexity index is 766. The smallest absolute Gasteiger partial charge is 0.224 e. The molecule has 0 radical (unpaired) electrons. The summed E-state index contributed by atoms with van der Waals surface area (Å²) in [6.45, 7) is 1.91. The first-order chi connectivity index (χ1) is 11.9. The molecule has 0 saturated carbocycles. The van der Waals surface area contributed by atoms with Crippen molar-refractivity contribution in [2.45, 2.75) is 13.3 Å². The van der Waals surface area contributed by atoms with Crippen LogP contribution in [0.1, 0.15) is 12.5 Å². The second kappa shape index (κ2) is 8.83. The lowest BCUT2D eigenvalue weighted by Crippen LogP contribution is -2.38. The molecule has 4 nitrogen and oxygen atoms in total. The van der Waals surface area contributed by atoms with Crippen LogP contribution < -0.4 is 10.2 Å². The number of rotatable bonds is 6. The van der Waals surface area contributed by atoms with Gasteiger partial charge < -0.3 is 10.2 Å². The van der Waals surface area contributed by atoms with Gasteiger partial charge in [-0.2, -0.15) is 0 Å². The van der Waals surface area contributed by atoms with Crippen LogP contribution in [0.2, 0.25) is 10.0 Å². The summed E-state index contributed by atoms with van der Waals surface area (Å²) in [6.07, 6.45) is 0.222. The minimum absolute atomic E-state index is 0.0597. The zero-order valence-corrected chi connectivity index (χ0v) is 15.1. The molecule has 1 N–H and O–H groups in total. The van der Waals surface area contributed by atoms with Gasteiger partial charge in [0.15, 0.2) is 0 Å². The van der Waals surface area contributed by atoms with E-state index in [0.29, 0.717) is 10.7 Å². The van der Waals surface area contributed by atoms with E-state index in [9.17, 15) is 14.0 Å². The highest BCUT2D eigenvalue weighted by Crippen LogP contribution is 2.22. The van der Waals surface area contributed by atoms with Crippen LogP contribution >= 0.6 is 23.2 Å². The number of carbonyl (C=O) groups is 2. The summed E-state index contributed by atoms with van der Waals surface area (Å²) >= 11 is 11.6. The van der Waals surface area contributed by atoms with Crippen LogP contribution in [0, 0.1) is 5.82 Å². The van der Waals surface area contributed by atoms with E-state index in [1.54, 1.807) is 24.3 Å². The SMILES string of the molecule is CC(=O)N(CCNC(=O)Cc1ccc(Cl)cc1)c1ccc(F)c(Cl)c1. The summed E-state index contributed by atoms with van der Waals surface area (Å²) in [5.74, 6) is -0.942. The molecule has 0 bridgehead atoms. The molecule has 25 heavy (non-hydrogen) atoms. The monoisotopic (exact) mass is 382 g/mol. The van der Waals surface area contributed by atoms with Gasteiger partial charge in [0.1, 0.15) is 5.82 Å². The van der Waals surface area contributed by atoms with Crippen LogP contribution in [-0.2, 0) is 16.0 Å². The largest absolute Gasteiger partial charge is 0.354 e. The molecule has 0 saturated heterocycles. The van der Waals surface area contributed by atoms with Crippen LogP contribution in [0.5, 0.6) is 0 Å². The van der Waals surface area contributed by atoms with Crippen molar-refractivity contribution in [3.05, 3.63) is 63.9 Å². The molecule has 0 heterocycles. The molecule has 0 atom stereocenters. The molecule has 0 aliphatic carbocycles. The van der Waals surface area contributed by atoms with Crippen molar-refractivity contribution in [2.24, 2.45) is 0 Å². The van der Waals surface area contributed by atoms with Gasteiger partial charge >= 0.3 is 0 Å². The number of amides is 2. The highest BCUT2D eigenvalue weighted by Gasteiger charge is 2.13. The first kappa shape index (κ1) is 19.2. The zero-order chi connectivity index (χ0) is 18.4. The number of hydrogen-bond acceptors (Lipinski definition) is 2. The molecule has 0 unspecified atom stereocenters. The van der Waals surface area contributed by atoms with Gasteiger partial charge in [-0.15, -0.1) is 0 Å². The van der Waals surface area contributed by atoms with Crippen LogP contribution in [0.25, 0.3) is 0 Å². The number of hydrogen-bond donors (Lipinski definition) is 1. The summed E-state index contributed by atoms with van der Waals surface area (Å²) < 4.78 is 13.3. The van der Waals surface area contributed by atoms with E-state index in [4.69, 9.17) is 23.2 Å². The lowest BCUT2D eigenvalue weighted by Gasteiger charge is -2.21. The zero-order valence-electron chi connectivity index (χ0n) is 13.6. The van der Waals surface area contributed by atoms with E-state index >= 15 is 0 Å². The van der Waals surface area contributed by atoms with Crippen molar-refractivity contribution >= 4 is 40.7 Å². The van der Waals surface area contributed by atoms with E-state index in [1.807, 2.05) is 0 Å². The number of nitrogens with one attached hydrogen (secondary N) is 1. The van der Waals surface area contributed by atoms with Crippen LogP contribution in [0.3, 0.4) is 0 Å². The maximum atomic E-state index is 13.3. The summed E-state index contributed by atoms with van der Waals surface area (Å²) in [7, 11) is 0. The first-order valence-electron chi connectivity index (χ1n) is 7.61.